The van der Waals surface area contributed by atoms with Gasteiger partial charge in [-0.15, -0.1) is 0 Å². The molecule has 1 saturated heterocycles. The number of carbonyl (C=O) groups excluding carboxylic acids is 2. The Labute approximate surface area is 116 Å². The number of hydrogen-bond acceptors (Lipinski definition) is 4. The van der Waals surface area contributed by atoms with Gasteiger partial charge in [-0.3, -0.25) is 14.4 Å². The minimum Gasteiger partial charge on any atom is -0.481 e. The second-order valence-electron chi connectivity index (χ2n) is 4.69. The van der Waals surface area contributed by atoms with Crippen LogP contribution in [-0.2, 0) is 14.4 Å². The number of aliphatic carboxylic acids is 1. The number of primary amides is 1. The number of likely N-dealkylation sites (tertiary alicyclic amines) is 1. The lowest BCUT2D eigenvalue weighted by Crippen LogP contribution is -2.39. The fourth-order valence-corrected chi connectivity index (χ4v) is 2.79. The predicted octanol–water partition coefficient (Wildman–Crippen LogP) is 0.308. The zero-order valence-electron chi connectivity index (χ0n) is 10.8. The molecule has 0 aromatic rings. The summed E-state index contributed by atoms with van der Waals surface area (Å²) in [5, 5.41) is 8.71. The van der Waals surface area contributed by atoms with Crippen LogP contribution in [-0.4, -0.2) is 52.4 Å². The van der Waals surface area contributed by atoms with E-state index in [-0.39, 0.29) is 29.9 Å². The van der Waals surface area contributed by atoms with Crippen LogP contribution in [0.5, 0.6) is 0 Å². The third-order valence-electron chi connectivity index (χ3n) is 3.14. The summed E-state index contributed by atoms with van der Waals surface area (Å²) in [5.74, 6) is -0.0405. The van der Waals surface area contributed by atoms with Crippen LogP contribution in [0.2, 0.25) is 0 Å². The summed E-state index contributed by atoms with van der Waals surface area (Å²) in [4.78, 5) is 34.8. The van der Waals surface area contributed by atoms with Gasteiger partial charge in [0.15, 0.2) is 0 Å². The highest BCUT2D eigenvalue weighted by atomic mass is 32.2. The van der Waals surface area contributed by atoms with E-state index in [9.17, 15) is 14.4 Å². The summed E-state index contributed by atoms with van der Waals surface area (Å²) in [6, 6.07) is 0. The molecule has 1 aliphatic rings. The van der Waals surface area contributed by atoms with E-state index in [1.807, 2.05) is 0 Å². The van der Waals surface area contributed by atoms with Gasteiger partial charge in [-0.1, -0.05) is 0 Å². The molecule has 19 heavy (non-hydrogen) atoms. The smallest absolute Gasteiger partial charge is 0.303 e. The first-order chi connectivity index (χ1) is 8.99. The van der Waals surface area contributed by atoms with Crippen molar-refractivity contribution in [3.05, 3.63) is 0 Å². The molecule has 7 heteroatoms. The molecule has 2 amide bonds. The number of nitrogens with two attached hydrogens (primary N) is 1. The molecular weight excluding hydrogens is 268 g/mol. The summed E-state index contributed by atoms with van der Waals surface area (Å²) in [6.07, 6.45) is 2.11. The summed E-state index contributed by atoms with van der Waals surface area (Å²) in [6.45, 7) is 1.27. The first-order valence-corrected chi connectivity index (χ1v) is 7.50. The van der Waals surface area contributed by atoms with Gasteiger partial charge in [0, 0.05) is 31.7 Å². The molecule has 3 N–H and O–H groups in total. The van der Waals surface area contributed by atoms with Crippen LogP contribution in [0.4, 0.5) is 0 Å². The van der Waals surface area contributed by atoms with Crippen LogP contribution in [0.3, 0.4) is 0 Å². The minimum absolute atomic E-state index is 0.0748. The van der Waals surface area contributed by atoms with Gasteiger partial charge >= 0.3 is 5.97 Å². The monoisotopic (exact) mass is 288 g/mol. The van der Waals surface area contributed by atoms with Gasteiger partial charge in [0.25, 0.3) is 0 Å². The van der Waals surface area contributed by atoms with E-state index < -0.39 is 5.97 Å². The molecular formula is C12H20N2O4S. The van der Waals surface area contributed by atoms with Crippen LogP contribution in [0.1, 0.15) is 25.7 Å². The highest BCUT2D eigenvalue weighted by Crippen LogP contribution is 2.21. The highest BCUT2D eigenvalue weighted by Gasteiger charge is 2.23. The zero-order chi connectivity index (χ0) is 14.3. The Balaban J connectivity index is 2.18. The molecule has 0 spiro atoms. The summed E-state index contributed by atoms with van der Waals surface area (Å²) < 4.78 is 0. The Morgan fingerprint density at radius 3 is 2.42 bits per heavy atom. The van der Waals surface area contributed by atoms with Gasteiger partial charge < -0.3 is 15.7 Å². The summed E-state index contributed by atoms with van der Waals surface area (Å²) in [5.41, 5.74) is 5.00. The number of carboxylic acids is 1. The van der Waals surface area contributed by atoms with E-state index in [0.717, 1.165) is 12.8 Å². The minimum atomic E-state index is -0.771. The molecule has 0 aliphatic carbocycles. The largest absolute Gasteiger partial charge is 0.481 e. The van der Waals surface area contributed by atoms with Crippen molar-refractivity contribution in [1.82, 2.24) is 4.90 Å². The number of thioether (sulfide) groups is 1. The van der Waals surface area contributed by atoms with Gasteiger partial charge in [-0.05, 0) is 18.8 Å². The van der Waals surface area contributed by atoms with Crippen molar-refractivity contribution in [3.63, 3.8) is 0 Å². The van der Waals surface area contributed by atoms with Crippen molar-refractivity contribution in [2.24, 2.45) is 11.7 Å². The molecule has 1 heterocycles. The second kappa shape index (κ2) is 8.04. The number of nitrogens with zero attached hydrogens (tertiary/aromatic N) is 1. The molecule has 0 saturated carbocycles. The maximum Gasteiger partial charge on any atom is 0.303 e. The maximum absolute atomic E-state index is 11.9. The zero-order valence-corrected chi connectivity index (χ0v) is 11.7. The Morgan fingerprint density at radius 1 is 1.26 bits per heavy atom. The van der Waals surface area contributed by atoms with Gasteiger partial charge in [-0.2, -0.15) is 11.8 Å². The summed E-state index contributed by atoms with van der Waals surface area (Å²) >= 11 is 1.36. The maximum atomic E-state index is 11.9. The first-order valence-electron chi connectivity index (χ1n) is 6.34. The highest BCUT2D eigenvalue weighted by molar-refractivity contribution is 7.99. The fraction of sp³-hybridized carbons (Fsp3) is 0.750. The standard InChI is InChI=1S/C12H20N2O4S/c13-10(15)8-19-6-3-11(16)14-4-1-9(2-5-14)7-12(17)18/h9H,1-8H2,(H2,13,15)(H,17,18). The molecule has 0 atom stereocenters. The molecule has 6 nitrogen and oxygen atoms in total. The Kier molecular flexibility index (Phi) is 6.69. The number of amides is 2. The van der Waals surface area contributed by atoms with Crippen LogP contribution in [0.25, 0.3) is 0 Å². The molecule has 0 aromatic heterocycles. The Morgan fingerprint density at radius 2 is 1.89 bits per heavy atom. The number of rotatable bonds is 7. The number of hydrogen-bond donors (Lipinski definition) is 2. The van der Waals surface area contributed by atoms with E-state index in [2.05, 4.69) is 0 Å². The third-order valence-corrected chi connectivity index (χ3v) is 4.12. The molecule has 0 radical (unpaired) electrons. The van der Waals surface area contributed by atoms with Gasteiger partial charge in [0.1, 0.15) is 0 Å². The lowest BCUT2D eigenvalue weighted by Gasteiger charge is -2.31. The van der Waals surface area contributed by atoms with Gasteiger partial charge in [0.05, 0.1) is 5.75 Å². The van der Waals surface area contributed by atoms with Crippen molar-refractivity contribution in [3.8, 4) is 0 Å². The topological polar surface area (TPSA) is 101 Å². The van der Waals surface area contributed by atoms with Crippen LogP contribution >= 0.6 is 11.8 Å². The molecule has 1 fully saturated rings. The van der Waals surface area contributed by atoms with Gasteiger partial charge in [-0.25, -0.2) is 0 Å². The number of carbonyl (C=O) groups is 3. The van der Waals surface area contributed by atoms with E-state index >= 15 is 0 Å². The lowest BCUT2D eigenvalue weighted by atomic mass is 9.93. The molecule has 108 valence electrons. The van der Waals surface area contributed by atoms with E-state index in [4.69, 9.17) is 10.8 Å². The normalized spacial score (nSPS) is 16.3. The molecule has 0 aromatic carbocycles. The van der Waals surface area contributed by atoms with E-state index in [0.29, 0.717) is 25.3 Å². The van der Waals surface area contributed by atoms with Crippen molar-refractivity contribution < 1.29 is 19.5 Å². The Hall–Kier alpha value is -1.24. The molecule has 0 bridgehead atoms. The molecule has 1 rings (SSSR count). The van der Waals surface area contributed by atoms with Crippen molar-refractivity contribution in [2.75, 3.05) is 24.6 Å². The van der Waals surface area contributed by atoms with E-state index in [1.54, 1.807) is 4.90 Å². The molecule has 0 unspecified atom stereocenters. The van der Waals surface area contributed by atoms with Crippen molar-refractivity contribution in [2.45, 2.75) is 25.7 Å². The lowest BCUT2D eigenvalue weighted by molar-refractivity contribution is -0.138. The first kappa shape index (κ1) is 15.8. The number of carboxylic acid groups (broad SMARTS) is 1. The van der Waals surface area contributed by atoms with E-state index in [1.165, 1.54) is 11.8 Å². The van der Waals surface area contributed by atoms with Crippen molar-refractivity contribution >= 4 is 29.5 Å². The average molecular weight is 288 g/mol. The van der Waals surface area contributed by atoms with Crippen LogP contribution in [0, 0.1) is 5.92 Å². The van der Waals surface area contributed by atoms with Gasteiger partial charge in [0.2, 0.25) is 11.8 Å². The predicted molar refractivity (Wildman–Crippen MR) is 72.7 cm³/mol. The molecule has 1 aliphatic heterocycles. The van der Waals surface area contributed by atoms with Crippen LogP contribution < -0.4 is 5.73 Å². The summed E-state index contributed by atoms with van der Waals surface area (Å²) in [7, 11) is 0. The quantitative estimate of drug-likeness (QED) is 0.657. The average Bonchev–Trinajstić information content (AvgIpc) is 2.34. The van der Waals surface area contributed by atoms with Crippen molar-refractivity contribution in [1.29, 1.82) is 0 Å². The third kappa shape index (κ3) is 6.47. The Bertz CT molecular complexity index is 341. The van der Waals surface area contributed by atoms with Crippen LogP contribution in [0.15, 0.2) is 0 Å². The number of piperidine rings is 1. The fourth-order valence-electron chi connectivity index (χ4n) is 2.12. The second-order valence-corrected chi connectivity index (χ2v) is 5.80. The SMILES string of the molecule is NC(=O)CSCCC(=O)N1CCC(CC(=O)O)CC1.